The lowest BCUT2D eigenvalue weighted by molar-refractivity contribution is -0.118. The lowest BCUT2D eigenvalue weighted by Crippen LogP contribution is -2.44. The number of fused-ring (bicyclic) bond motifs is 1. The van der Waals surface area contributed by atoms with Gasteiger partial charge in [0, 0.05) is 38.7 Å². The summed E-state index contributed by atoms with van der Waals surface area (Å²) in [5.41, 5.74) is 2.59. The Balaban J connectivity index is 1.59. The molecule has 8 nitrogen and oxygen atoms in total. The molecule has 1 aromatic heterocycles. The minimum absolute atomic E-state index is 0.0590. The molecule has 0 bridgehead atoms. The lowest BCUT2D eigenvalue weighted by Gasteiger charge is -2.27. The Bertz CT molecular complexity index is 820. The topological polar surface area (TPSA) is 88.6 Å². The summed E-state index contributed by atoms with van der Waals surface area (Å²) in [5.74, 6) is 1.79. The SMILES string of the molecule is COc1cc(Cc2ccc3c(c2)NC(=O)CO3)nc(N2CCNCC2)n1. The molecular weight excluding hydrogens is 334 g/mol. The van der Waals surface area contributed by atoms with Gasteiger partial charge in [-0.1, -0.05) is 6.07 Å². The zero-order chi connectivity index (χ0) is 17.9. The summed E-state index contributed by atoms with van der Waals surface area (Å²) in [6.45, 7) is 3.63. The van der Waals surface area contributed by atoms with Crippen molar-refractivity contribution in [3.63, 3.8) is 0 Å². The first kappa shape index (κ1) is 16.6. The van der Waals surface area contributed by atoms with Gasteiger partial charge in [-0.3, -0.25) is 4.79 Å². The molecule has 2 aliphatic rings. The van der Waals surface area contributed by atoms with Crippen molar-refractivity contribution in [1.82, 2.24) is 15.3 Å². The van der Waals surface area contributed by atoms with E-state index in [9.17, 15) is 4.79 Å². The highest BCUT2D eigenvalue weighted by Gasteiger charge is 2.18. The quantitative estimate of drug-likeness (QED) is 0.839. The zero-order valence-corrected chi connectivity index (χ0v) is 14.6. The van der Waals surface area contributed by atoms with Crippen LogP contribution in [-0.4, -0.2) is 55.8 Å². The average Bonchev–Trinajstić information content (AvgIpc) is 2.68. The minimum Gasteiger partial charge on any atom is -0.482 e. The van der Waals surface area contributed by atoms with Crippen molar-refractivity contribution in [2.24, 2.45) is 0 Å². The van der Waals surface area contributed by atoms with Crippen LogP contribution in [-0.2, 0) is 11.2 Å². The molecule has 1 saturated heterocycles. The maximum absolute atomic E-state index is 11.5. The molecule has 2 aromatic rings. The van der Waals surface area contributed by atoms with Crippen molar-refractivity contribution in [3.05, 3.63) is 35.5 Å². The second kappa shape index (κ2) is 7.17. The minimum atomic E-state index is -0.139. The smallest absolute Gasteiger partial charge is 0.262 e. The van der Waals surface area contributed by atoms with Crippen LogP contribution in [0.4, 0.5) is 11.6 Å². The molecule has 0 unspecified atom stereocenters. The van der Waals surface area contributed by atoms with E-state index in [1.807, 2.05) is 24.3 Å². The summed E-state index contributed by atoms with van der Waals surface area (Å²) >= 11 is 0. The summed E-state index contributed by atoms with van der Waals surface area (Å²) in [4.78, 5) is 22.9. The van der Waals surface area contributed by atoms with E-state index in [2.05, 4.69) is 20.5 Å². The van der Waals surface area contributed by atoms with Gasteiger partial charge in [-0.2, -0.15) is 4.98 Å². The molecular formula is C18H21N5O3. The van der Waals surface area contributed by atoms with Crippen molar-refractivity contribution >= 4 is 17.5 Å². The summed E-state index contributed by atoms with van der Waals surface area (Å²) < 4.78 is 10.8. The maximum Gasteiger partial charge on any atom is 0.262 e. The van der Waals surface area contributed by atoms with Gasteiger partial charge in [0.25, 0.3) is 5.91 Å². The van der Waals surface area contributed by atoms with Crippen LogP contribution < -0.4 is 25.0 Å². The Labute approximate surface area is 151 Å². The number of piperazine rings is 1. The molecule has 0 spiro atoms. The fraction of sp³-hybridized carbons (Fsp3) is 0.389. The molecule has 0 aliphatic carbocycles. The third kappa shape index (κ3) is 3.55. The van der Waals surface area contributed by atoms with Gasteiger partial charge in [-0.05, 0) is 17.7 Å². The second-order valence-electron chi connectivity index (χ2n) is 6.28. The highest BCUT2D eigenvalue weighted by atomic mass is 16.5. The third-order valence-corrected chi connectivity index (χ3v) is 4.41. The molecule has 1 aromatic carbocycles. The molecule has 1 amide bonds. The maximum atomic E-state index is 11.5. The van der Waals surface area contributed by atoms with Crippen LogP contribution in [0, 0.1) is 0 Å². The first-order valence-corrected chi connectivity index (χ1v) is 8.64. The standard InChI is InChI=1S/C18H21N5O3/c1-25-17-10-13(20-18(22-17)23-6-4-19-5-7-23)8-12-2-3-15-14(9-12)21-16(24)11-26-15/h2-3,9-10,19H,4-8,11H2,1H3,(H,21,24). The number of hydrogen-bond donors (Lipinski definition) is 2. The summed E-state index contributed by atoms with van der Waals surface area (Å²) in [5, 5.41) is 6.16. The van der Waals surface area contributed by atoms with Crippen molar-refractivity contribution < 1.29 is 14.3 Å². The average molecular weight is 355 g/mol. The summed E-state index contributed by atoms with van der Waals surface area (Å²) in [6.07, 6.45) is 0.612. The van der Waals surface area contributed by atoms with Crippen LogP contribution in [0.1, 0.15) is 11.3 Å². The van der Waals surface area contributed by atoms with Crippen LogP contribution in [0.5, 0.6) is 11.6 Å². The third-order valence-electron chi connectivity index (χ3n) is 4.41. The molecule has 136 valence electrons. The number of methoxy groups -OCH3 is 1. The number of amides is 1. The molecule has 0 radical (unpaired) electrons. The van der Waals surface area contributed by atoms with E-state index in [-0.39, 0.29) is 12.5 Å². The first-order valence-electron chi connectivity index (χ1n) is 8.64. The highest BCUT2D eigenvalue weighted by molar-refractivity contribution is 5.95. The highest BCUT2D eigenvalue weighted by Crippen LogP contribution is 2.29. The Morgan fingerprint density at radius 2 is 2.08 bits per heavy atom. The number of anilines is 2. The van der Waals surface area contributed by atoms with Gasteiger partial charge in [-0.25, -0.2) is 4.98 Å². The molecule has 8 heteroatoms. The van der Waals surface area contributed by atoms with Gasteiger partial charge in [0.15, 0.2) is 6.61 Å². The molecule has 0 atom stereocenters. The van der Waals surface area contributed by atoms with Gasteiger partial charge < -0.3 is 25.0 Å². The monoisotopic (exact) mass is 355 g/mol. The summed E-state index contributed by atoms with van der Waals surface area (Å²) in [7, 11) is 1.61. The number of nitrogens with one attached hydrogen (secondary N) is 2. The summed E-state index contributed by atoms with van der Waals surface area (Å²) in [6, 6.07) is 7.63. The fourth-order valence-electron chi connectivity index (χ4n) is 3.11. The molecule has 3 heterocycles. The Morgan fingerprint density at radius 3 is 2.88 bits per heavy atom. The van der Waals surface area contributed by atoms with Gasteiger partial charge in [0.2, 0.25) is 11.8 Å². The molecule has 2 N–H and O–H groups in total. The van der Waals surface area contributed by atoms with E-state index in [0.717, 1.165) is 37.4 Å². The predicted octanol–water partition coefficient (Wildman–Crippen LogP) is 0.816. The first-order chi connectivity index (χ1) is 12.7. The van der Waals surface area contributed by atoms with Crippen molar-refractivity contribution in [2.75, 3.05) is 50.1 Å². The second-order valence-corrected chi connectivity index (χ2v) is 6.28. The number of hydrogen-bond acceptors (Lipinski definition) is 7. The van der Waals surface area contributed by atoms with E-state index in [0.29, 0.717) is 29.7 Å². The van der Waals surface area contributed by atoms with Crippen LogP contribution in [0.2, 0.25) is 0 Å². The van der Waals surface area contributed by atoms with Crippen LogP contribution in [0.3, 0.4) is 0 Å². The van der Waals surface area contributed by atoms with E-state index < -0.39 is 0 Å². The number of aromatic nitrogens is 2. The van der Waals surface area contributed by atoms with Crippen molar-refractivity contribution in [1.29, 1.82) is 0 Å². The van der Waals surface area contributed by atoms with E-state index in [1.165, 1.54) is 0 Å². The Hall–Kier alpha value is -2.87. The number of carbonyl (C=O) groups is 1. The normalized spacial score (nSPS) is 16.5. The lowest BCUT2D eigenvalue weighted by atomic mass is 10.1. The Kier molecular flexibility index (Phi) is 4.57. The number of benzene rings is 1. The van der Waals surface area contributed by atoms with Crippen LogP contribution >= 0.6 is 0 Å². The largest absolute Gasteiger partial charge is 0.482 e. The molecule has 4 rings (SSSR count). The number of rotatable bonds is 4. The van der Waals surface area contributed by atoms with Crippen LogP contribution in [0.15, 0.2) is 24.3 Å². The fourth-order valence-corrected chi connectivity index (χ4v) is 3.11. The number of ether oxygens (including phenoxy) is 2. The molecule has 1 fully saturated rings. The van der Waals surface area contributed by atoms with Gasteiger partial charge in [-0.15, -0.1) is 0 Å². The zero-order valence-electron chi connectivity index (χ0n) is 14.6. The van der Waals surface area contributed by atoms with E-state index in [1.54, 1.807) is 7.11 Å². The van der Waals surface area contributed by atoms with Crippen molar-refractivity contribution in [3.8, 4) is 11.6 Å². The van der Waals surface area contributed by atoms with Gasteiger partial charge >= 0.3 is 0 Å². The van der Waals surface area contributed by atoms with Gasteiger partial charge in [0.05, 0.1) is 18.5 Å². The number of carbonyl (C=O) groups excluding carboxylic acids is 1. The molecule has 26 heavy (non-hydrogen) atoms. The predicted molar refractivity (Wildman–Crippen MR) is 97.0 cm³/mol. The van der Waals surface area contributed by atoms with Gasteiger partial charge in [0.1, 0.15) is 5.75 Å². The molecule has 2 aliphatic heterocycles. The van der Waals surface area contributed by atoms with E-state index in [4.69, 9.17) is 14.5 Å². The number of nitrogens with zero attached hydrogens (tertiary/aromatic N) is 3. The van der Waals surface area contributed by atoms with Crippen molar-refractivity contribution in [2.45, 2.75) is 6.42 Å². The molecule has 0 saturated carbocycles. The van der Waals surface area contributed by atoms with Crippen LogP contribution in [0.25, 0.3) is 0 Å². The van der Waals surface area contributed by atoms with E-state index >= 15 is 0 Å². The Morgan fingerprint density at radius 1 is 1.23 bits per heavy atom.